The first-order valence-corrected chi connectivity index (χ1v) is 5.07. The summed E-state index contributed by atoms with van der Waals surface area (Å²) in [6.07, 6.45) is 1.35. The molecule has 0 aliphatic carbocycles. The van der Waals surface area contributed by atoms with E-state index in [0.29, 0.717) is 6.54 Å². The number of hydrazine groups is 1. The quantitative estimate of drug-likeness (QED) is 0.281. The van der Waals surface area contributed by atoms with Crippen molar-refractivity contribution < 1.29 is 9.53 Å². The van der Waals surface area contributed by atoms with Crippen LogP contribution in [0.2, 0.25) is 0 Å². The van der Waals surface area contributed by atoms with E-state index in [4.69, 9.17) is 10.6 Å². The third-order valence-corrected chi connectivity index (χ3v) is 1.70. The zero-order valence-corrected chi connectivity index (χ0v) is 9.70. The maximum absolute atomic E-state index is 11.0. The van der Waals surface area contributed by atoms with Crippen molar-refractivity contribution >= 4 is 28.7 Å². The molecule has 0 radical (unpaired) electrons. The first-order chi connectivity index (χ1) is 6.22. The van der Waals surface area contributed by atoms with Gasteiger partial charge in [0.05, 0.1) is 0 Å². The highest BCUT2D eigenvalue weighted by Gasteiger charge is 2.08. The smallest absolute Gasteiger partial charge is 0.425 e. The number of nitrogens with two attached hydrogens (primary N) is 1. The summed E-state index contributed by atoms with van der Waals surface area (Å²) in [5.74, 6) is 8.00. The molecule has 0 aliphatic rings. The second kappa shape index (κ2) is 8.13. The predicted molar refractivity (Wildman–Crippen MR) is 58.9 cm³/mol. The lowest BCUT2D eigenvalue weighted by molar-refractivity contribution is 0.113. The van der Waals surface area contributed by atoms with Crippen LogP contribution < -0.4 is 5.84 Å². The Morgan fingerprint density at radius 3 is 2.92 bits per heavy atom. The first-order valence-electron chi connectivity index (χ1n) is 3.99. The monoisotopic (exact) mass is 296 g/mol. The summed E-state index contributed by atoms with van der Waals surface area (Å²) in [5, 5.41) is 1.07. The van der Waals surface area contributed by atoms with Gasteiger partial charge in [-0.05, 0) is 10.3 Å². The molecule has 0 heterocycles. The topological polar surface area (TPSA) is 55.6 Å². The summed E-state index contributed by atoms with van der Waals surface area (Å²) >= 11 is 1.88. The van der Waals surface area contributed by atoms with Crippen molar-refractivity contribution in [1.82, 2.24) is 5.01 Å². The van der Waals surface area contributed by atoms with Gasteiger partial charge in [-0.25, -0.2) is 15.6 Å². The molecule has 0 spiro atoms. The van der Waals surface area contributed by atoms with E-state index in [-0.39, 0.29) is 6.61 Å². The summed E-state index contributed by atoms with van der Waals surface area (Å²) in [6, 6.07) is 0. The Balaban J connectivity index is 3.60. The molecule has 0 aromatic rings. The number of unbranched alkanes of at least 4 members (excludes halogenated alkanes) is 1. The summed E-state index contributed by atoms with van der Waals surface area (Å²) in [7, 11) is 0. The van der Waals surface area contributed by atoms with Gasteiger partial charge in [-0.2, -0.15) is 0 Å². The lowest BCUT2D eigenvalue weighted by atomic mass is 10.3. The molecular weight excluding hydrogens is 283 g/mol. The van der Waals surface area contributed by atoms with Crippen LogP contribution in [-0.2, 0) is 4.74 Å². The normalized spacial score (nSPS) is 8.54. The van der Waals surface area contributed by atoms with Crippen LogP contribution in [0.3, 0.4) is 0 Å². The van der Waals surface area contributed by atoms with E-state index in [1.807, 2.05) is 29.5 Å². The number of hydrogen-bond acceptors (Lipinski definition) is 3. The third kappa shape index (κ3) is 6.66. The Labute approximate surface area is 91.9 Å². The van der Waals surface area contributed by atoms with Gasteiger partial charge in [-0.1, -0.05) is 19.3 Å². The van der Waals surface area contributed by atoms with Crippen molar-refractivity contribution in [3.63, 3.8) is 0 Å². The van der Waals surface area contributed by atoms with Crippen molar-refractivity contribution in [3.05, 3.63) is 0 Å². The van der Waals surface area contributed by atoms with Crippen LogP contribution in [-0.4, -0.2) is 24.3 Å². The molecule has 0 saturated carbocycles. The summed E-state index contributed by atoms with van der Waals surface area (Å²) in [6.45, 7) is 2.65. The summed E-state index contributed by atoms with van der Waals surface area (Å²) < 4.78 is 7.31. The minimum Gasteiger partial charge on any atom is -0.435 e. The molecule has 0 fully saturated rings. The molecular formula is C8H13IN2O2. The van der Waals surface area contributed by atoms with Gasteiger partial charge in [0.2, 0.25) is 0 Å². The Morgan fingerprint density at radius 2 is 2.38 bits per heavy atom. The maximum Gasteiger partial charge on any atom is 0.425 e. The van der Waals surface area contributed by atoms with Gasteiger partial charge in [-0.15, -0.1) is 0 Å². The lowest BCUT2D eigenvalue weighted by Crippen LogP contribution is -2.38. The minimum atomic E-state index is -0.521. The standard InChI is InChI=1S/C8H13IN2O2/c1-2-3-6-11(10)8(12)13-7-4-5-9/h2-3,6-7,10H2,1H3. The zero-order valence-electron chi connectivity index (χ0n) is 7.55. The van der Waals surface area contributed by atoms with Gasteiger partial charge in [0.1, 0.15) is 0 Å². The van der Waals surface area contributed by atoms with Crippen molar-refractivity contribution in [2.24, 2.45) is 5.84 Å². The zero-order chi connectivity index (χ0) is 10.1. The third-order valence-electron chi connectivity index (χ3n) is 1.32. The molecule has 0 aliphatic heterocycles. The van der Waals surface area contributed by atoms with Gasteiger partial charge in [0, 0.05) is 29.1 Å². The van der Waals surface area contributed by atoms with Crippen LogP contribution in [0, 0.1) is 9.85 Å². The Morgan fingerprint density at radius 1 is 1.69 bits per heavy atom. The molecule has 1 amide bonds. The maximum atomic E-state index is 11.0. The van der Waals surface area contributed by atoms with E-state index in [1.165, 1.54) is 0 Å². The Bertz CT molecular complexity index is 210. The minimum absolute atomic E-state index is 0.0988. The molecule has 0 saturated heterocycles. The predicted octanol–water partition coefficient (Wildman–Crippen LogP) is 1.49. The van der Waals surface area contributed by atoms with Crippen LogP contribution in [0.4, 0.5) is 4.79 Å². The van der Waals surface area contributed by atoms with E-state index in [1.54, 1.807) is 0 Å². The van der Waals surface area contributed by atoms with Crippen molar-refractivity contribution in [2.45, 2.75) is 19.8 Å². The van der Waals surface area contributed by atoms with Crippen LogP contribution in [0.5, 0.6) is 0 Å². The Hall–Kier alpha value is -0.480. The van der Waals surface area contributed by atoms with Crippen LogP contribution in [0.25, 0.3) is 0 Å². The van der Waals surface area contributed by atoms with Gasteiger partial charge in [0.25, 0.3) is 0 Å². The van der Waals surface area contributed by atoms with E-state index in [9.17, 15) is 4.79 Å². The number of ether oxygens (including phenoxy) is 1. The summed E-state index contributed by atoms with van der Waals surface area (Å²) in [5.41, 5.74) is 0. The van der Waals surface area contributed by atoms with E-state index in [0.717, 1.165) is 17.9 Å². The molecule has 0 rings (SSSR count). The number of carbonyl (C=O) groups is 1. The SMILES string of the molecule is CCCCN(N)C(=O)OCC#CI. The average Bonchev–Trinajstić information content (AvgIpc) is 2.14. The van der Waals surface area contributed by atoms with Gasteiger partial charge in [-0.3, -0.25) is 0 Å². The highest BCUT2D eigenvalue weighted by molar-refractivity contribution is 14.1. The first kappa shape index (κ1) is 12.5. The van der Waals surface area contributed by atoms with Crippen LogP contribution in [0.15, 0.2) is 0 Å². The molecule has 2 N–H and O–H groups in total. The Kier molecular flexibility index (Phi) is 7.83. The van der Waals surface area contributed by atoms with Crippen molar-refractivity contribution in [3.8, 4) is 9.85 Å². The highest BCUT2D eigenvalue weighted by atomic mass is 127. The number of amides is 1. The second-order valence-corrected chi connectivity index (χ2v) is 2.91. The number of nitrogens with zero attached hydrogens (tertiary/aromatic N) is 1. The fourth-order valence-electron chi connectivity index (χ4n) is 0.628. The summed E-state index contributed by atoms with van der Waals surface area (Å²) in [4.78, 5) is 11.0. The fourth-order valence-corrected chi connectivity index (χ4v) is 0.783. The molecule has 0 aromatic heterocycles. The largest absolute Gasteiger partial charge is 0.435 e. The molecule has 0 bridgehead atoms. The number of hydrogen-bond donors (Lipinski definition) is 1. The second-order valence-electron chi connectivity index (χ2n) is 2.37. The van der Waals surface area contributed by atoms with Crippen LogP contribution in [0.1, 0.15) is 19.8 Å². The van der Waals surface area contributed by atoms with Gasteiger partial charge in [0.15, 0.2) is 6.61 Å². The fraction of sp³-hybridized carbons (Fsp3) is 0.625. The highest BCUT2D eigenvalue weighted by Crippen LogP contribution is 1.92. The molecule has 74 valence electrons. The molecule has 0 atom stereocenters. The molecule has 5 heteroatoms. The van der Waals surface area contributed by atoms with Crippen molar-refractivity contribution in [2.75, 3.05) is 13.2 Å². The molecule has 0 aromatic carbocycles. The van der Waals surface area contributed by atoms with E-state index in [2.05, 4.69) is 9.85 Å². The van der Waals surface area contributed by atoms with Crippen LogP contribution >= 0.6 is 22.6 Å². The van der Waals surface area contributed by atoms with E-state index < -0.39 is 6.09 Å². The van der Waals surface area contributed by atoms with Crippen molar-refractivity contribution in [1.29, 1.82) is 0 Å². The van der Waals surface area contributed by atoms with E-state index >= 15 is 0 Å². The molecule has 0 unspecified atom stereocenters. The van der Waals surface area contributed by atoms with Gasteiger partial charge < -0.3 is 4.74 Å². The van der Waals surface area contributed by atoms with Gasteiger partial charge >= 0.3 is 6.09 Å². The average molecular weight is 296 g/mol. The lowest BCUT2D eigenvalue weighted by Gasteiger charge is -2.14. The molecule has 4 nitrogen and oxygen atoms in total. The number of carbonyl (C=O) groups excluding carboxylic acids is 1. The number of halogens is 1. The number of rotatable bonds is 4. The molecule has 13 heavy (non-hydrogen) atoms.